The topological polar surface area (TPSA) is 21.3 Å². The van der Waals surface area contributed by atoms with E-state index in [2.05, 4.69) is 185 Å². The molecule has 0 unspecified atom stereocenters. The fourth-order valence-corrected chi connectivity index (χ4v) is 7.46. The fraction of sp³-hybridized carbons (Fsp3) is 0. The van der Waals surface area contributed by atoms with Crippen molar-refractivity contribution in [1.29, 1.82) is 0 Å². The zero-order chi connectivity index (χ0) is 32.3. The van der Waals surface area contributed by atoms with Gasteiger partial charge in [-0.1, -0.05) is 103 Å². The molecule has 3 heteroatoms. The van der Waals surface area contributed by atoms with E-state index in [1.807, 2.05) is 6.07 Å². The second kappa shape index (κ2) is 11.0. The van der Waals surface area contributed by atoms with E-state index in [9.17, 15) is 0 Å². The van der Waals surface area contributed by atoms with Gasteiger partial charge in [-0.25, -0.2) is 0 Å². The summed E-state index contributed by atoms with van der Waals surface area (Å²) in [6.07, 6.45) is 0. The number of para-hydroxylation sites is 3. The van der Waals surface area contributed by atoms with Crippen molar-refractivity contribution < 1.29 is 4.42 Å². The Labute approximate surface area is 283 Å². The number of aromatic nitrogens is 1. The smallest absolute Gasteiger partial charge is 0.145 e. The molecular formula is C46H30N2O. The maximum atomic E-state index is 6.51. The maximum Gasteiger partial charge on any atom is 0.145 e. The van der Waals surface area contributed by atoms with Crippen molar-refractivity contribution in [1.82, 2.24) is 4.57 Å². The van der Waals surface area contributed by atoms with E-state index in [1.165, 1.54) is 27.3 Å². The summed E-state index contributed by atoms with van der Waals surface area (Å²) in [4.78, 5) is 2.32. The van der Waals surface area contributed by atoms with Crippen LogP contribution < -0.4 is 4.90 Å². The minimum Gasteiger partial charge on any atom is -0.455 e. The average molecular weight is 627 g/mol. The Morgan fingerprint density at radius 2 is 1.04 bits per heavy atom. The molecule has 0 aliphatic carbocycles. The Morgan fingerprint density at radius 1 is 0.408 bits per heavy atom. The van der Waals surface area contributed by atoms with Gasteiger partial charge in [0.05, 0.1) is 16.4 Å². The molecule has 0 N–H and O–H groups in total. The van der Waals surface area contributed by atoms with Gasteiger partial charge in [-0.3, -0.25) is 0 Å². The molecule has 0 saturated carbocycles. The highest BCUT2D eigenvalue weighted by Gasteiger charge is 2.19. The largest absolute Gasteiger partial charge is 0.455 e. The normalized spacial score (nSPS) is 11.7. The monoisotopic (exact) mass is 626 g/mol. The number of benzene rings is 8. The molecular weight excluding hydrogens is 597 g/mol. The van der Waals surface area contributed by atoms with E-state index in [0.29, 0.717) is 0 Å². The van der Waals surface area contributed by atoms with Crippen LogP contribution in [0.4, 0.5) is 17.1 Å². The number of hydrogen-bond acceptors (Lipinski definition) is 2. The molecule has 0 spiro atoms. The summed E-state index contributed by atoms with van der Waals surface area (Å²) < 4.78 is 8.86. The van der Waals surface area contributed by atoms with Crippen LogP contribution in [0.3, 0.4) is 0 Å². The van der Waals surface area contributed by atoms with Gasteiger partial charge >= 0.3 is 0 Å². The number of anilines is 3. The molecule has 0 bridgehead atoms. The van der Waals surface area contributed by atoms with Gasteiger partial charge in [0.2, 0.25) is 0 Å². The third kappa shape index (κ3) is 4.44. The van der Waals surface area contributed by atoms with Crippen LogP contribution in [0.1, 0.15) is 0 Å². The van der Waals surface area contributed by atoms with Gasteiger partial charge in [0.1, 0.15) is 11.2 Å². The van der Waals surface area contributed by atoms with Crippen LogP contribution in [0, 0.1) is 0 Å². The van der Waals surface area contributed by atoms with Crippen LogP contribution in [0.2, 0.25) is 0 Å². The molecule has 0 aliphatic rings. The van der Waals surface area contributed by atoms with Gasteiger partial charge in [-0.05, 0) is 101 Å². The van der Waals surface area contributed by atoms with Crippen molar-refractivity contribution in [3.05, 3.63) is 182 Å². The minimum atomic E-state index is 0.914. The summed E-state index contributed by atoms with van der Waals surface area (Å²) in [5.41, 5.74) is 11.0. The predicted octanol–water partition coefficient (Wildman–Crippen LogP) is 13.0. The Balaban J connectivity index is 1.07. The number of rotatable bonds is 5. The van der Waals surface area contributed by atoms with Crippen LogP contribution in [0.15, 0.2) is 186 Å². The van der Waals surface area contributed by atoms with Crippen molar-refractivity contribution in [2.24, 2.45) is 0 Å². The number of hydrogen-bond donors (Lipinski definition) is 0. The third-order valence-corrected chi connectivity index (χ3v) is 9.77. The van der Waals surface area contributed by atoms with E-state index >= 15 is 0 Å². The molecule has 49 heavy (non-hydrogen) atoms. The molecule has 10 rings (SSSR count). The molecule has 2 heterocycles. The maximum absolute atomic E-state index is 6.51. The van der Waals surface area contributed by atoms with Crippen LogP contribution in [-0.4, -0.2) is 4.57 Å². The molecule has 0 amide bonds. The Kier molecular flexibility index (Phi) is 6.18. The Bertz CT molecular complexity index is 2810. The van der Waals surface area contributed by atoms with E-state index in [1.54, 1.807) is 0 Å². The van der Waals surface area contributed by atoms with Gasteiger partial charge < -0.3 is 13.9 Å². The van der Waals surface area contributed by atoms with Crippen molar-refractivity contribution in [3.8, 4) is 16.8 Å². The minimum absolute atomic E-state index is 0.914. The molecule has 0 aliphatic heterocycles. The van der Waals surface area contributed by atoms with Crippen molar-refractivity contribution in [2.45, 2.75) is 0 Å². The van der Waals surface area contributed by atoms with Crippen LogP contribution in [0.5, 0.6) is 0 Å². The lowest BCUT2D eigenvalue weighted by Crippen LogP contribution is -2.10. The first-order valence-corrected chi connectivity index (χ1v) is 16.7. The second-order valence-electron chi connectivity index (χ2n) is 12.6. The van der Waals surface area contributed by atoms with Crippen LogP contribution in [-0.2, 0) is 0 Å². The summed E-state index contributed by atoms with van der Waals surface area (Å²) in [7, 11) is 0. The van der Waals surface area contributed by atoms with Gasteiger partial charge in [-0.2, -0.15) is 0 Å². The number of fused-ring (bicyclic) bond motifs is 8. The van der Waals surface area contributed by atoms with Crippen molar-refractivity contribution in [3.63, 3.8) is 0 Å². The van der Waals surface area contributed by atoms with Gasteiger partial charge in [0.15, 0.2) is 0 Å². The highest BCUT2D eigenvalue weighted by atomic mass is 16.3. The summed E-state index contributed by atoms with van der Waals surface area (Å²) >= 11 is 0. The zero-order valence-electron chi connectivity index (χ0n) is 26.6. The third-order valence-electron chi connectivity index (χ3n) is 9.77. The van der Waals surface area contributed by atoms with Crippen LogP contribution >= 0.6 is 0 Å². The SMILES string of the molecule is c1ccc(N(c2ccc(-c3ccc4ccccc4c3)cc2)c2ccc(-n3c4ccccc4c4c5oc6ccccc6c5ccc43)cc2)cc1. The Hall–Kier alpha value is -6.58. The summed E-state index contributed by atoms with van der Waals surface area (Å²) in [6, 6.07) is 64.9. The average Bonchev–Trinajstić information content (AvgIpc) is 3.72. The van der Waals surface area contributed by atoms with Gasteiger partial charge in [0, 0.05) is 38.9 Å². The molecule has 10 aromatic rings. The molecule has 2 aromatic heterocycles. The fourth-order valence-electron chi connectivity index (χ4n) is 7.46. The van der Waals surface area contributed by atoms with E-state index in [-0.39, 0.29) is 0 Å². The molecule has 0 fully saturated rings. The quantitative estimate of drug-likeness (QED) is 0.190. The summed E-state index contributed by atoms with van der Waals surface area (Å²) in [6.45, 7) is 0. The highest BCUT2D eigenvalue weighted by Crippen LogP contribution is 2.41. The first-order chi connectivity index (χ1) is 24.3. The van der Waals surface area contributed by atoms with E-state index in [4.69, 9.17) is 4.42 Å². The predicted molar refractivity (Wildman–Crippen MR) is 206 cm³/mol. The van der Waals surface area contributed by atoms with Gasteiger partial charge in [-0.15, -0.1) is 0 Å². The first kappa shape index (κ1) is 27.5. The highest BCUT2D eigenvalue weighted by molar-refractivity contribution is 6.23. The molecule has 0 atom stereocenters. The molecule has 0 radical (unpaired) electrons. The summed E-state index contributed by atoms with van der Waals surface area (Å²) in [5, 5.41) is 7.12. The summed E-state index contributed by atoms with van der Waals surface area (Å²) in [5.74, 6) is 0. The van der Waals surface area contributed by atoms with Crippen LogP contribution in [0.25, 0.3) is 71.3 Å². The van der Waals surface area contributed by atoms with Gasteiger partial charge in [0.25, 0.3) is 0 Å². The molecule has 230 valence electrons. The second-order valence-corrected chi connectivity index (χ2v) is 12.6. The lowest BCUT2D eigenvalue weighted by molar-refractivity contribution is 0.673. The molecule has 3 nitrogen and oxygen atoms in total. The molecule has 8 aromatic carbocycles. The lowest BCUT2D eigenvalue weighted by Gasteiger charge is -2.26. The first-order valence-electron chi connectivity index (χ1n) is 16.7. The number of furan rings is 1. The molecule has 0 saturated heterocycles. The van der Waals surface area contributed by atoms with Crippen molar-refractivity contribution >= 4 is 71.6 Å². The van der Waals surface area contributed by atoms with Crippen molar-refractivity contribution in [2.75, 3.05) is 4.90 Å². The lowest BCUT2D eigenvalue weighted by atomic mass is 10.0. The Morgan fingerprint density at radius 3 is 1.86 bits per heavy atom. The standard InChI is InChI=1S/C46H30N2O/c1-2-12-35(13-3-1)47(36-22-20-32(21-23-36)34-19-18-31-10-4-5-11-33(31)30-34)37-24-26-38(27-25-37)48-42-16-8-6-15-41(42)45-43(48)29-28-40-39-14-7-9-17-44(39)49-46(40)45/h1-30H. The number of nitrogens with zero attached hydrogens (tertiary/aromatic N) is 2. The van der Waals surface area contributed by atoms with E-state index in [0.717, 1.165) is 61.1 Å². The zero-order valence-corrected chi connectivity index (χ0v) is 26.6. The van der Waals surface area contributed by atoms with E-state index < -0.39 is 0 Å².